The molecule has 1 aliphatic carbocycles. The first-order chi connectivity index (χ1) is 17.7. The lowest BCUT2D eigenvalue weighted by molar-refractivity contribution is 0.0730. The van der Waals surface area contributed by atoms with E-state index in [0.29, 0.717) is 12.2 Å². The largest absolute Gasteiger partial charge is 0.422 e. The highest BCUT2D eigenvalue weighted by Gasteiger charge is 2.44. The number of halogens is 2. The topological polar surface area (TPSA) is 101 Å². The van der Waals surface area contributed by atoms with Gasteiger partial charge in [0.15, 0.2) is 5.78 Å². The molecule has 3 aromatic rings. The number of rotatable bonds is 8. The van der Waals surface area contributed by atoms with E-state index < -0.39 is 29.8 Å². The second-order valence-electron chi connectivity index (χ2n) is 8.86. The van der Waals surface area contributed by atoms with Gasteiger partial charge in [-0.3, -0.25) is 10.1 Å². The number of urea groups is 1. The highest BCUT2D eigenvalue weighted by Crippen LogP contribution is 2.47. The van der Waals surface area contributed by atoms with Crippen molar-refractivity contribution in [3.05, 3.63) is 81.7 Å². The van der Waals surface area contributed by atoms with Crippen LogP contribution in [0.5, 0.6) is 5.75 Å². The number of pyridine rings is 1. The Morgan fingerprint density at radius 1 is 1.16 bits per heavy atom. The number of hydrogen-bond donors (Lipinski definition) is 2. The molecule has 2 N–H and O–H groups in total. The SMILES string of the molecule is CCC(=O)c1ccc(F)c([C@H]2C[C@H]2NC(=O)Nc2ccc(Br)cn2)c1OC(=O)c1cccc(N(C)C)c1. The van der Waals surface area contributed by atoms with E-state index in [1.54, 1.807) is 43.5 Å². The number of anilines is 2. The number of benzene rings is 2. The van der Waals surface area contributed by atoms with Crippen molar-refractivity contribution < 1.29 is 23.5 Å². The third kappa shape index (κ3) is 6.14. The molecule has 0 saturated heterocycles. The fraction of sp³-hybridized carbons (Fsp3) is 0.259. The van der Waals surface area contributed by atoms with Gasteiger partial charge in [-0.25, -0.2) is 19.0 Å². The molecule has 2 aromatic carbocycles. The third-order valence-electron chi connectivity index (χ3n) is 6.00. The van der Waals surface area contributed by atoms with E-state index in [1.165, 1.54) is 12.1 Å². The Hall–Kier alpha value is -3.79. The van der Waals surface area contributed by atoms with Crippen molar-refractivity contribution in [2.75, 3.05) is 24.3 Å². The number of amides is 2. The van der Waals surface area contributed by atoms with Crippen LogP contribution in [0.15, 0.2) is 59.2 Å². The molecular weight excluding hydrogens is 543 g/mol. The van der Waals surface area contributed by atoms with Crippen LogP contribution in [0.3, 0.4) is 0 Å². The van der Waals surface area contributed by atoms with Crippen molar-refractivity contribution in [1.82, 2.24) is 10.3 Å². The Morgan fingerprint density at radius 3 is 2.62 bits per heavy atom. The Kier molecular flexibility index (Phi) is 7.87. The summed E-state index contributed by atoms with van der Waals surface area (Å²) in [6.45, 7) is 1.68. The molecule has 0 spiro atoms. The van der Waals surface area contributed by atoms with Crippen LogP contribution in [0, 0.1) is 5.82 Å². The van der Waals surface area contributed by atoms with Crippen LogP contribution in [0.1, 0.15) is 52.0 Å². The highest BCUT2D eigenvalue weighted by molar-refractivity contribution is 9.10. The van der Waals surface area contributed by atoms with Crippen LogP contribution in [0.4, 0.5) is 20.7 Å². The summed E-state index contributed by atoms with van der Waals surface area (Å²) in [6, 6.07) is 11.8. The van der Waals surface area contributed by atoms with Crippen LogP contribution in [0.25, 0.3) is 0 Å². The number of nitrogens with zero attached hydrogens (tertiary/aromatic N) is 2. The van der Waals surface area contributed by atoms with Crippen LogP contribution in [-0.2, 0) is 0 Å². The van der Waals surface area contributed by atoms with Gasteiger partial charge >= 0.3 is 12.0 Å². The smallest absolute Gasteiger partial charge is 0.343 e. The number of esters is 1. The highest BCUT2D eigenvalue weighted by atomic mass is 79.9. The molecule has 1 fully saturated rings. The summed E-state index contributed by atoms with van der Waals surface area (Å²) in [5.74, 6) is -1.81. The summed E-state index contributed by atoms with van der Waals surface area (Å²) in [7, 11) is 3.69. The van der Waals surface area contributed by atoms with Gasteiger partial charge in [-0.15, -0.1) is 0 Å². The number of aromatic nitrogens is 1. The molecule has 1 aliphatic rings. The van der Waals surface area contributed by atoms with Gasteiger partial charge in [0.1, 0.15) is 17.4 Å². The van der Waals surface area contributed by atoms with Gasteiger partial charge < -0.3 is 15.0 Å². The maximum atomic E-state index is 15.2. The fourth-order valence-electron chi connectivity index (χ4n) is 3.95. The first-order valence-corrected chi connectivity index (χ1v) is 12.5. The number of carbonyl (C=O) groups excluding carboxylic acids is 3. The monoisotopic (exact) mass is 568 g/mol. The Balaban J connectivity index is 1.58. The second kappa shape index (κ2) is 11.1. The van der Waals surface area contributed by atoms with Gasteiger partial charge in [-0.1, -0.05) is 13.0 Å². The van der Waals surface area contributed by atoms with Gasteiger partial charge in [0, 0.05) is 54.4 Å². The zero-order valence-electron chi connectivity index (χ0n) is 20.5. The van der Waals surface area contributed by atoms with Crippen molar-refractivity contribution in [3.8, 4) is 5.75 Å². The maximum absolute atomic E-state index is 15.2. The summed E-state index contributed by atoms with van der Waals surface area (Å²) in [5, 5.41) is 5.42. The number of ether oxygens (including phenoxy) is 1. The van der Waals surface area contributed by atoms with Crippen molar-refractivity contribution in [2.24, 2.45) is 0 Å². The molecule has 0 bridgehead atoms. The van der Waals surface area contributed by atoms with E-state index in [9.17, 15) is 14.4 Å². The molecule has 37 heavy (non-hydrogen) atoms. The predicted molar refractivity (Wildman–Crippen MR) is 142 cm³/mol. The molecule has 192 valence electrons. The third-order valence-corrected chi connectivity index (χ3v) is 6.47. The average molecular weight is 569 g/mol. The molecule has 8 nitrogen and oxygen atoms in total. The maximum Gasteiger partial charge on any atom is 0.343 e. The first kappa shape index (κ1) is 26.3. The van der Waals surface area contributed by atoms with Gasteiger partial charge in [-0.05, 0) is 64.8 Å². The molecule has 2 amide bonds. The lowest BCUT2D eigenvalue weighted by atomic mass is 9.99. The standard InChI is InChI=1S/C27H26BrFN4O4/c1-4-22(34)18-9-10-20(29)24(25(18)37-26(35)15-6-5-7-17(12-15)33(2)3)19-13-21(19)31-27(36)32-23-11-8-16(28)14-30-23/h5-12,14,19,21H,4,13H2,1-3H3,(H2,30,31,32,36)/t19-,21+/m0/s1. The van der Waals surface area contributed by atoms with Gasteiger partial charge in [0.2, 0.25) is 0 Å². The zero-order chi connectivity index (χ0) is 26.7. The number of Topliss-reactive ketones (excluding diaryl/α,β-unsaturated/α-hetero) is 1. The molecule has 2 atom stereocenters. The minimum absolute atomic E-state index is 0.100. The molecule has 1 saturated carbocycles. The summed E-state index contributed by atoms with van der Waals surface area (Å²) in [6.07, 6.45) is 2.12. The minimum atomic E-state index is -0.704. The van der Waals surface area contributed by atoms with Crippen molar-refractivity contribution in [2.45, 2.75) is 31.7 Å². The quantitative estimate of drug-likeness (QED) is 0.210. The van der Waals surface area contributed by atoms with Crippen molar-refractivity contribution in [1.29, 1.82) is 0 Å². The molecule has 0 unspecified atom stereocenters. The van der Waals surface area contributed by atoms with Crippen LogP contribution in [-0.4, -0.2) is 42.9 Å². The van der Waals surface area contributed by atoms with E-state index in [1.807, 2.05) is 25.1 Å². The van der Waals surface area contributed by atoms with Gasteiger partial charge in [0.25, 0.3) is 0 Å². The van der Waals surface area contributed by atoms with Crippen LogP contribution in [0.2, 0.25) is 0 Å². The summed E-state index contributed by atoms with van der Waals surface area (Å²) in [4.78, 5) is 44.1. The Labute approximate surface area is 222 Å². The van der Waals surface area contributed by atoms with Gasteiger partial charge in [-0.2, -0.15) is 0 Å². The number of ketones is 1. The summed E-state index contributed by atoms with van der Waals surface area (Å²) < 4.78 is 21.6. The molecular formula is C27H26BrFN4O4. The predicted octanol–water partition coefficient (Wildman–Crippen LogP) is 5.54. The van der Waals surface area contributed by atoms with Gasteiger partial charge in [0.05, 0.1) is 11.1 Å². The molecule has 10 heteroatoms. The van der Waals surface area contributed by atoms with Crippen LogP contribution >= 0.6 is 15.9 Å². The fourth-order valence-corrected chi connectivity index (χ4v) is 4.18. The molecule has 1 heterocycles. The minimum Gasteiger partial charge on any atom is -0.422 e. The lowest BCUT2D eigenvalue weighted by Crippen LogP contribution is -2.31. The molecule has 0 aliphatic heterocycles. The Morgan fingerprint density at radius 2 is 1.95 bits per heavy atom. The summed E-state index contributed by atoms with van der Waals surface area (Å²) >= 11 is 3.28. The van der Waals surface area contributed by atoms with E-state index in [4.69, 9.17) is 4.74 Å². The number of carbonyl (C=O) groups is 3. The molecule has 4 rings (SSSR count). The normalized spacial score (nSPS) is 16.0. The lowest BCUT2D eigenvalue weighted by Gasteiger charge is -2.17. The average Bonchev–Trinajstić information content (AvgIpc) is 3.63. The number of hydrogen-bond acceptors (Lipinski definition) is 6. The van der Waals surface area contributed by atoms with E-state index in [-0.39, 0.29) is 34.6 Å². The summed E-state index contributed by atoms with van der Waals surface area (Å²) in [5.41, 5.74) is 1.29. The van der Waals surface area contributed by atoms with E-state index in [0.717, 1.165) is 10.2 Å². The van der Waals surface area contributed by atoms with Crippen molar-refractivity contribution in [3.63, 3.8) is 0 Å². The Bertz CT molecular complexity index is 1350. The molecule has 0 radical (unpaired) electrons. The first-order valence-electron chi connectivity index (χ1n) is 11.7. The zero-order valence-corrected chi connectivity index (χ0v) is 22.1. The van der Waals surface area contributed by atoms with E-state index in [2.05, 4.69) is 31.5 Å². The second-order valence-corrected chi connectivity index (χ2v) is 9.77. The number of nitrogens with one attached hydrogen (secondary N) is 2. The van der Waals surface area contributed by atoms with E-state index >= 15 is 4.39 Å². The van der Waals surface area contributed by atoms with Crippen molar-refractivity contribution >= 4 is 45.2 Å². The van der Waals surface area contributed by atoms with Crippen LogP contribution < -0.4 is 20.3 Å². The molecule has 1 aromatic heterocycles.